The summed E-state index contributed by atoms with van der Waals surface area (Å²) in [6.45, 7) is 2.70. The van der Waals surface area contributed by atoms with Gasteiger partial charge in [0.25, 0.3) is 5.91 Å². The van der Waals surface area contributed by atoms with Crippen molar-refractivity contribution >= 4 is 34.2 Å². The molecule has 1 unspecified atom stereocenters. The van der Waals surface area contributed by atoms with E-state index in [0.717, 1.165) is 30.5 Å². The zero-order chi connectivity index (χ0) is 11.5. The van der Waals surface area contributed by atoms with Gasteiger partial charge in [0.15, 0.2) is 0 Å². The molecule has 2 rings (SSSR count). The molecule has 0 aromatic carbocycles. The SMILES string of the molecule is CNCC1CCN(C(=O)c2cc(Br)c[nH]2)C1.Cl. The van der Waals surface area contributed by atoms with Crippen LogP contribution in [0, 0.1) is 5.92 Å². The number of hydrogen-bond donors (Lipinski definition) is 2. The van der Waals surface area contributed by atoms with Crippen molar-refractivity contribution in [3.05, 3.63) is 22.4 Å². The molecule has 0 spiro atoms. The Balaban J connectivity index is 0.00000144. The minimum Gasteiger partial charge on any atom is -0.356 e. The molecule has 1 aliphatic rings. The van der Waals surface area contributed by atoms with E-state index in [9.17, 15) is 4.79 Å². The molecule has 0 saturated carbocycles. The molecule has 96 valence electrons. The lowest BCUT2D eigenvalue weighted by molar-refractivity contribution is 0.0782. The van der Waals surface area contributed by atoms with Crippen LogP contribution in [-0.4, -0.2) is 42.5 Å². The molecule has 1 aromatic heterocycles. The average molecular weight is 323 g/mol. The minimum absolute atomic E-state index is 0. The van der Waals surface area contributed by atoms with Crippen molar-refractivity contribution in [1.29, 1.82) is 0 Å². The second-order valence-corrected chi connectivity index (χ2v) is 5.11. The summed E-state index contributed by atoms with van der Waals surface area (Å²) in [5, 5.41) is 3.16. The van der Waals surface area contributed by atoms with E-state index in [4.69, 9.17) is 0 Å². The number of aromatic nitrogens is 1. The molecule has 6 heteroatoms. The number of likely N-dealkylation sites (tertiary alicyclic amines) is 1. The van der Waals surface area contributed by atoms with Gasteiger partial charge in [0.05, 0.1) is 0 Å². The quantitative estimate of drug-likeness (QED) is 0.893. The van der Waals surface area contributed by atoms with E-state index in [1.807, 2.05) is 18.0 Å². The van der Waals surface area contributed by atoms with E-state index in [1.165, 1.54) is 0 Å². The van der Waals surface area contributed by atoms with Gasteiger partial charge in [0.1, 0.15) is 5.69 Å². The van der Waals surface area contributed by atoms with Crippen molar-refractivity contribution < 1.29 is 4.79 Å². The molecule has 4 nitrogen and oxygen atoms in total. The minimum atomic E-state index is 0. The number of H-pyrrole nitrogens is 1. The zero-order valence-corrected chi connectivity index (χ0v) is 12.1. The van der Waals surface area contributed by atoms with Gasteiger partial charge in [0.2, 0.25) is 0 Å². The third-order valence-corrected chi connectivity index (χ3v) is 3.40. The molecule has 2 N–H and O–H groups in total. The Morgan fingerprint density at radius 3 is 3.06 bits per heavy atom. The first kappa shape index (κ1) is 14.5. The predicted octanol–water partition coefficient (Wildman–Crippen LogP) is 1.88. The van der Waals surface area contributed by atoms with E-state index < -0.39 is 0 Å². The van der Waals surface area contributed by atoms with Crippen LogP contribution in [0.3, 0.4) is 0 Å². The largest absolute Gasteiger partial charge is 0.356 e. The van der Waals surface area contributed by atoms with Crippen LogP contribution in [0.5, 0.6) is 0 Å². The van der Waals surface area contributed by atoms with E-state index in [0.29, 0.717) is 11.6 Å². The molecule has 1 atom stereocenters. The maximum Gasteiger partial charge on any atom is 0.270 e. The van der Waals surface area contributed by atoms with E-state index >= 15 is 0 Å². The van der Waals surface area contributed by atoms with Crippen LogP contribution in [0.15, 0.2) is 16.7 Å². The molecule has 0 radical (unpaired) electrons. The third-order valence-electron chi connectivity index (χ3n) is 2.94. The van der Waals surface area contributed by atoms with Crippen LogP contribution in [0.1, 0.15) is 16.9 Å². The summed E-state index contributed by atoms with van der Waals surface area (Å²) in [7, 11) is 1.95. The summed E-state index contributed by atoms with van der Waals surface area (Å²) in [4.78, 5) is 17.0. The predicted molar refractivity (Wildman–Crippen MR) is 73.7 cm³/mol. The molecular weight excluding hydrogens is 305 g/mol. The summed E-state index contributed by atoms with van der Waals surface area (Å²) in [5.74, 6) is 0.691. The fourth-order valence-corrected chi connectivity index (χ4v) is 2.48. The highest BCUT2D eigenvalue weighted by atomic mass is 79.9. The van der Waals surface area contributed by atoms with E-state index in [1.54, 1.807) is 6.20 Å². The lowest BCUT2D eigenvalue weighted by Crippen LogP contribution is -2.30. The topological polar surface area (TPSA) is 48.1 Å². The Morgan fingerprint density at radius 1 is 1.71 bits per heavy atom. The Morgan fingerprint density at radius 2 is 2.47 bits per heavy atom. The Kier molecular flexibility index (Phi) is 5.49. The second-order valence-electron chi connectivity index (χ2n) is 4.20. The zero-order valence-electron chi connectivity index (χ0n) is 9.70. The first-order chi connectivity index (χ1) is 7.70. The van der Waals surface area contributed by atoms with Gasteiger partial charge >= 0.3 is 0 Å². The molecule has 1 fully saturated rings. The summed E-state index contributed by atoms with van der Waals surface area (Å²) in [6.07, 6.45) is 2.88. The lowest BCUT2D eigenvalue weighted by Gasteiger charge is -2.15. The maximum absolute atomic E-state index is 12.1. The molecule has 0 aliphatic carbocycles. The summed E-state index contributed by atoms with van der Waals surface area (Å²) >= 11 is 3.33. The Labute approximate surface area is 116 Å². The van der Waals surface area contributed by atoms with Crippen LogP contribution in [-0.2, 0) is 0 Å². The van der Waals surface area contributed by atoms with Gasteiger partial charge in [0, 0.05) is 23.8 Å². The fourth-order valence-electron chi connectivity index (χ4n) is 2.13. The molecule has 1 amide bonds. The van der Waals surface area contributed by atoms with E-state index in [2.05, 4.69) is 26.2 Å². The van der Waals surface area contributed by atoms with Crippen LogP contribution in [0.25, 0.3) is 0 Å². The van der Waals surface area contributed by atoms with Gasteiger partial charge < -0.3 is 15.2 Å². The van der Waals surface area contributed by atoms with Crippen LogP contribution in [0.2, 0.25) is 0 Å². The number of hydrogen-bond acceptors (Lipinski definition) is 2. The number of rotatable bonds is 3. The average Bonchev–Trinajstić information content (AvgIpc) is 2.87. The van der Waals surface area contributed by atoms with Crippen molar-refractivity contribution in [2.24, 2.45) is 5.92 Å². The van der Waals surface area contributed by atoms with Crippen LogP contribution in [0.4, 0.5) is 0 Å². The summed E-state index contributed by atoms with van der Waals surface area (Å²) < 4.78 is 0.918. The smallest absolute Gasteiger partial charge is 0.270 e. The Hall–Kier alpha value is -0.520. The molecule has 2 heterocycles. The molecule has 1 saturated heterocycles. The highest BCUT2D eigenvalue weighted by Gasteiger charge is 2.26. The number of carbonyl (C=O) groups is 1. The number of nitrogens with one attached hydrogen (secondary N) is 2. The van der Waals surface area contributed by atoms with Gasteiger partial charge in [-0.05, 0) is 47.9 Å². The maximum atomic E-state index is 12.1. The number of carbonyl (C=O) groups excluding carboxylic acids is 1. The molecule has 17 heavy (non-hydrogen) atoms. The van der Waals surface area contributed by atoms with Crippen molar-refractivity contribution in [3.63, 3.8) is 0 Å². The van der Waals surface area contributed by atoms with Crippen LogP contribution < -0.4 is 5.32 Å². The summed E-state index contributed by atoms with van der Waals surface area (Å²) in [5.41, 5.74) is 0.664. The van der Waals surface area contributed by atoms with Gasteiger partial charge in [-0.1, -0.05) is 0 Å². The fraction of sp³-hybridized carbons (Fsp3) is 0.545. The van der Waals surface area contributed by atoms with E-state index in [-0.39, 0.29) is 18.3 Å². The first-order valence-corrected chi connectivity index (χ1v) is 6.28. The van der Waals surface area contributed by atoms with Gasteiger partial charge in [-0.3, -0.25) is 4.79 Å². The summed E-state index contributed by atoms with van der Waals surface area (Å²) in [6, 6.07) is 1.83. The van der Waals surface area contributed by atoms with Crippen molar-refractivity contribution in [2.45, 2.75) is 6.42 Å². The standard InChI is InChI=1S/C11H16BrN3O.ClH/c1-13-5-8-2-3-15(7-8)11(16)10-4-9(12)6-14-10;/h4,6,8,13-14H,2-3,5,7H2,1H3;1H. The first-order valence-electron chi connectivity index (χ1n) is 5.48. The van der Waals surface area contributed by atoms with Crippen LogP contribution >= 0.6 is 28.3 Å². The highest BCUT2D eigenvalue weighted by Crippen LogP contribution is 2.19. The number of halogens is 2. The van der Waals surface area contributed by atoms with Gasteiger partial charge in [-0.15, -0.1) is 12.4 Å². The van der Waals surface area contributed by atoms with Crippen molar-refractivity contribution in [3.8, 4) is 0 Å². The molecule has 1 aromatic rings. The molecule has 0 bridgehead atoms. The third kappa shape index (κ3) is 3.47. The van der Waals surface area contributed by atoms with Crippen molar-refractivity contribution in [1.82, 2.24) is 15.2 Å². The number of nitrogens with zero attached hydrogens (tertiary/aromatic N) is 1. The van der Waals surface area contributed by atoms with Gasteiger partial charge in [-0.25, -0.2) is 0 Å². The van der Waals surface area contributed by atoms with Gasteiger partial charge in [-0.2, -0.15) is 0 Å². The molecule has 1 aliphatic heterocycles. The normalized spacial score (nSPS) is 19.2. The highest BCUT2D eigenvalue weighted by molar-refractivity contribution is 9.10. The number of aromatic amines is 1. The second kappa shape index (κ2) is 6.42. The Bertz CT molecular complexity index is 383. The monoisotopic (exact) mass is 321 g/mol. The molecular formula is C11H17BrClN3O. The lowest BCUT2D eigenvalue weighted by atomic mass is 10.1. The number of amides is 1. The van der Waals surface area contributed by atoms with Crippen molar-refractivity contribution in [2.75, 3.05) is 26.7 Å².